The van der Waals surface area contributed by atoms with Gasteiger partial charge in [0.2, 0.25) is 0 Å². The smallest absolute Gasteiger partial charge is 0.416 e. The van der Waals surface area contributed by atoms with Gasteiger partial charge in [-0.25, -0.2) is 4.79 Å². The molecule has 0 unspecified atom stereocenters. The summed E-state index contributed by atoms with van der Waals surface area (Å²) in [5.41, 5.74) is 1.88. The van der Waals surface area contributed by atoms with Crippen LogP contribution in [0.25, 0.3) is 11.3 Å². The summed E-state index contributed by atoms with van der Waals surface area (Å²) in [6, 6.07) is 13.9. The molecule has 0 bridgehead atoms. The molecule has 0 radical (unpaired) electrons. The number of nitrogens with zero attached hydrogens (tertiary/aromatic N) is 1. The fourth-order valence-electron chi connectivity index (χ4n) is 2.52. The Bertz CT molecular complexity index is 953. The quantitative estimate of drug-likeness (QED) is 0.565. The van der Waals surface area contributed by atoms with Crippen LogP contribution in [0.2, 0.25) is 0 Å². The van der Waals surface area contributed by atoms with Crippen LogP contribution in [0.5, 0.6) is 0 Å². The Morgan fingerprint density at radius 1 is 1.07 bits per heavy atom. The molecule has 1 amide bonds. The minimum absolute atomic E-state index is 0.0129. The maximum Gasteiger partial charge on any atom is 0.416 e. The molecule has 0 aliphatic carbocycles. The summed E-state index contributed by atoms with van der Waals surface area (Å²) in [5.74, 6) is 0.379. The summed E-state index contributed by atoms with van der Waals surface area (Å²) in [5, 5.41) is 17.7. The molecule has 6 nitrogen and oxygen atoms in total. The summed E-state index contributed by atoms with van der Waals surface area (Å²) in [7, 11) is 0. The average Bonchev–Trinajstić information content (AvgIpc) is 3.14. The van der Waals surface area contributed by atoms with E-state index in [-0.39, 0.29) is 13.1 Å². The highest BCUT2D eigenvalue weighted by Gasteiger charge is 2.30. The number of rotatable bonds is 6. The van der Waals surface area contributed by atoms with Crippen LogP contribution in [0.4, 0.5) is 23.7 Å². The number of hydrogen-bond donors (Lipinski definition) is 3. The van der Waals surface area contributed by atoms with Crippen molar-refractivity contribution in [3.8, 4) is 11.3 Å². The van der Waals surface area contributed by atoms with Gasteiger partial charge >= 0.3 is 12.3 Å². The van der Waals surface area contributed by atoms with E-state index in [1.165, 1.54) is 6.07 Å². The zero-order valence-corrected chi connectivity index (χ0v) is 14.5. The van der Waals surface area contributed by atoms with Gasteiger partial charge in [0, 0.05) is 23.9 Å². The summed E-state index contributed by atoms with van der Waals surface area (Å²) >= 11 is 0. The normalized spacial score (nSPS) is 11.2. The predicted molar refractivity (Wildman–Crippen MR) is 95.6 cm³/mol. The minimum Gasteiger partial charge on any atom is -0.465 e. The van der Waals surface area contributed by atoms with E-state index in [1.54, 1.807) is 36.4 Å². The Hall–Kier alpha value is -3.49. The van der Waals surface area contributed by atoms with Crippen LogP contribution in [0.15, 0.2) is 59.1 Å². The molecule has 28 heavy (non-hydrogen) atoms. The first-order valence-corrected chi connectivity index (χ1v) is 8.24. The largest absolute Gasteiger partial charge is 0.465 e. The van der Waals surface area contributed by atoms with Crippen LogP contribution in [0, 0.1) is 0 Å². The van der Waals surface area contributed by atoms with Gasteiger partial charge < -0.3 is 20.3 Å². The molecular formula is C19H16F3N3O3. The second-order valence-electron chi connectivity index (χ2n) is 5.97. The lowest BCUT2D eigenvalue weighted by molar-refractivity contribution is -0.137. The van der Waals surface area contributed by atoms with E-state index in [0.29, 0.717) is 17.0 Å². The third-order valence-electron chi connectivity index (χ3n) is 3.90. The van der Waals surface area contributed by atoms with Gasteiger partial charge in [-0.05, 0) is 29.8 Å². The number of aromatic nitrogens is 1. The average molecular weight is 391 g/mol. The lowest BCUT2D eigenvalue weighted by Gasteiger charge is -2.10. The number of anilines is 1. The topological polar surface area (TPSA) is 87.4 Å². The predicted octanol–water partition coefficient (Wildman–Crippen LogP) is 4.74. The van der Waals surface area contributed by atoms with Crippen molar-refractivity contribution in [1.82, 2.24) is 10.5 Å². The Labute approximate surface area is 158 Å². The lowest BCUT2D eigenvalue weighted by Crippen LogP contribution is -2.19. The SMILES string of the molecule is O=C(O)NCc1cc(-c2ccc(NCc3cccc(C(F)(F)F)c3)cc2)no1. The van der Waals surface area contributed by atoms with Crippen molar-refractivity contribution in [3.63, 3.8) is 0 Å². The Kier molecular flexibility index (Phi) is 5.53. The lowest BCUT2D eigenvalue weighted by atomic mass is 10.1. The number of benzene rings is 2. The van der Waals surface area contributed by atoms with Crippen molar-refractivity contribution in [1.29, 1.82) is 0 Å². The molecule has 0 aliphatic heterocycles. The van der Waals surface area contributed by atoms with E-state index in [0.717, 1.165) is 23.4 Å². The fraction of sp³-hybridized carbons (Fsp3) is 0.158. The van der Waals surface area contributed by atoms with Crippen LogP contribution >= 0.6 is 0 Å². The molecule has 0 fully saturated rings. The second-order valence-corrected chi connectivity index (χ2v) is 5.97. The van der Waals surface area contributed by atoms with E-state index in [9.17, 15) is 18.0 Å². The monoisotopic (exact) mass is 391 g/mol. The molecule has 0 aliphatic rings. The van der Waals surface area contributed by atoms with Crippen molar-refractivity contribution in [3.05, 3.63) is 71.5 Å². The van der Waals surface area contributed by atoms with Crippen LogP contribution in [-0.4, -0.2) is 16.4 Å². The van der Waals surface area contributed by atoms with Gasteiger partial charge in [0.1, 0.15) is 5.69 Å². The van der Waals surface area contributed by atoms with Gasteiger partial charge in [-0.1, -0.05) is 29.4 Å². The van der Waals surface area contributed by atoms with Crippen molar-refractivity contribution >= 4 is 11.8 Å². The molecule has 0 spiro atoms. The first-order chi connectivity index (χ1) is 13.3. The van der Waals surface area contributed by atoms with Gasteiger partial charge in [-0.15, -0.1) is 0 Å². The molecule has 0 saturated heterocycles. The molecule has 9 heteroatoms. The molecule has 1 aromatic heterocycles. The standard InChI is InChI=1S/C19H16F3N3O3/c20-19(21,22)14-3-1-2-12(8-14)10-23-15-6-4-13(5-7-15)17-9-16(28-25-17)11-24-18(26)27/h1-9,23-24H,10-11H2,(H,26,27). The number of amides is 1. The van der Waals surface area contributed by atoms with Gasteiger partial charge in [-0.3, -0.25) is 0 Å². The molecule has 3 aromatic rings. The summed E-state index contributed by atoms with van der Waals surface area (Å²) in [4.78, 5) is 10.5. The van der Waals surface area contributed by atoms with Crippen LogP contribution in [0.3, 0.4) is 0 Å². The van der Waals surface area contributed by atoms with E-state index >= 15 is 0 Å². The first kappa shape index (κ1) is 19.3. The zero-order chi connectivity index (χ0) is 20.1. The number of halogens is 3. The Morgan fingerprint density at radius 2 is 1.82 bits per heavy atom. The molecule has 146 valence electrons. The summed E-state index contributed by atoms with van der Waals surface area (Å²) in [6.45, 7) is 0.261. The van der Waals surface area contributed by atoms with Crippen molar-refractivity contribution < 1.29 is 27.6 Å². The third-order valence-corrected chi connectivity index (χ3v) is 3.90. The van der Waals surface area contributed by atoms with Crippen molar-refractivity contribution in [2.24, 2.45) is 0 Å². The molecule has 3 N–H and O–H groups in total. The first-order valence-electron chi connectivity index (χ1n) is 8.24. The second kappa shape index (κ2) is 8.03. The van der Waals surface area contributed by atoms with Gasteiger partial charge in [0.05, 0.1) is 12.1 Å². The molecule has 1 heterocycles. The molecule has 3 rings (SSSR count). The molecular weight excluding hydrogens is 375 g/mol. The van der Waals surface area contributed by atoms with E-state index < -0.39 is 17.8 Å². The Morgan fingerprint density at radius 3 is 2.50 bits per heavy atom. The van der Waals surface area contributed by atoms with Crippen LogP contribution in [0.1, 0.15) is 16.9 Å². The van der Waals surface area contributed by atoms with Crippen molar-refractivity contribution in [2.45, 2.75) is 19.3 Å². The number of carboxylic acid groups (broad SMARTS) is 1. The fourth-order valence-corrected chi connectivity index (χ4v) is 2.52. The van der Waals surface area contributed by atoms with Crippen LogP contribution in [-0.2, 0) is 19.3 Å². The molecule has 2 aromatic carbocycles. The minimum atomic E-state index is -4.37. The number of hydrogen-bond acceptors (Lipinski definition) is 4. The highest BCUT2D eigenvalue weighted by molar-refractivity contribution is 5.65. The number of nitrogens with one attached hydrogen (secondary N) is 2. The summed E-state index contributed by atoms with van der Waals surface area (Å²) in [6.07, 6.45) is -5.53. The van der Waals surface area contributed by atoms with Crippen LogP contribution < -0.4 is 10.6 Å². The van der Waals surface area contributed by atoms with E-state index in [2.05, 4.69) is 15.8 Å². The van der Waals surface area contributed by atoms with Gasteiger partial charge in [0.15, 0.2) is 5.76 Å². The third kappa shape index (κ3) is 5.03. The summed E-state index contributed by atoms with van der Waals surface area (Å²) < 4.78 is 43.3. The Balaban J connectivity index is 1.61. The highest BCUT2D eigenvalue weighted by Crippen LogP contribution is 2.29. The molecule has 0 atom stereocenters. The zero-order valence-electron chi connectivity index (χ0n) is 14.5. The van der Waals surface area contributed by atoms with Crippen molar-refractivity contribution in [2.75, 3.05) is 5.32 Å². The maximum atomic E-state index is 12.8. The molecule has 0 saturated carbocycles. The highest BCUT2D eigenvalue weighted by atomic mass is 19.4. The van der Waals surface area contributed by atoms with E-state index in [1.807, 2.05) is 0 Å². The number of carbonyl (C=O) groups is 1. The van der Waals surface area contributed by atoms with Gasteiger partial charge in [0.25, 0.3) is 0 Å². The van der Waals surface area contributed by atoms with Gasteiger partial charge in [-0.2, -0.15) is 13.2 Å². The van der Waals surface area contributed by atoms with E-state index in [4.69, 9.17) is 9.63 Å². The maximum absolute atomic E-state index is 12.8. The number of alkyl halides is 3.